The first-order valence-corrected chi connectivity index (χ1v) is 7.95. The Morgan fingerprint density at radius 1 is 1.42 bits per heavy atom. The smallest absolute Gasteiger partial charge is 0.271 e. The molecule has 0 saturated carbocycles. The van der Waals surface area contributed by atoms with Gasteiger partial charge in [0.1, 0.15) is 5.56 Å². The van der Waals surface area contributed by atoms with E-state index in [-0.39, 0.29) is 17.5 Å². The molecule has 7 nitrogen and oxygen atoms in total. The number of carbonyl (C=O) groups is 1. The van der Waals surface area contributed by atoms with Gasteiger partial charge in [-0.3, -0.25) is 14.9 Å². The summed E-state index contributed by atoms with van der Waals surface area (Å²) in [5, 5.41) is 15.0. The van der Waals surface area contributed by atoms with Crippen molar-refractivity contribution in [1.29, 1.82) is 0 Å². The molecule has 0 fully saturated rings. The molecule has 0 atom stereocenters. The lowest BCUT2D eigenvalue weighted by atomic mass is 9.98. The standard InChI is InChI=1S/C17H19N3O4/c1-10(2)16-15(11(3)18-24-16)17(21)19-8-4-5-12-6-7-13(20(22)23)9-14(12)19/h6-7,9-10H,4-5,8H2,1-3H3. The van der Waals surface area contributed by atoms with Crippen molar-refractivity contribution in [2.24, 2.45) is 0 Å². The number of anilines is 1. The normalized spacial score (nSPS) is 13.9. The highest BCUT2D eigenvalue weighted by Crippen LogP contribution is 2.33. The highest BCUT2D eigenvalue weighted by molar-refractivity contribution is 6.08. The quantitative estimate of drug-likeness (QED) is 0.634. The van der Waals surface area contributed by atoms with Crippen LogP contribution in [0.15, 0.2) is 22.7 Å². The Labute approximate surface area is 139 Å². The van der Waals surface area contributed by atoms with Gasteiger partial charge in [0.25, 0.3) is 11.6 Å². The van der Waals surface area contributed by atoms with Crippen LogP contribution in [0.3, 0.4) is 0 Å². The first-order chi connectivity index (χ1) is 11.4. The van der Waals surface area contributed by atoms with Crippen LogP contribution in [0.25, 0.3) is 0 Å². The Bertz CT molecular complexity index is 810. The predicted molar refractivity (Wildman–Crippen MR) is 88.4 cm³/mol. The number of benzene rings is 1. The minimum Gasteiger partial charge on any atom is -0.360 e. The number of nitrogens with zero attached hydrogens (tertiary/aromatic N) is 3. The summed E-state index contributed by atoms with van der Waals surface area (Å²) >= 11 is 0. The first kappa shape index (κ1) is 16.2. The number of fused-ring (bicyclic) bond motifs is 1. The van der Waals surface area contributed by atoms with E-state index in [9.17, 15) is 14.9 Å². The van der Waals surface area contributed by atoms with Crippen molar-refractivity contribution >= 4 is 17.3 Å². The molecule has 0 saturated heterocycles. The Balaban J connectivity index is 2.06. The minimum atomic E-state index is -0.443. The van der Waals surface area contributed by atoms with Gasteiger partial charge in [0.05, 0.1) is 16.3 Å². The Hall–Kier alpha value is -2.70. The minimum absolute atomic E-state index is 0.0143. The fourth-order valence-electron chi connectivity index (χ4n) is 3.06. The van der Waals surface area contributed by atoms with Gasteiger partial charge < -0.3 is 9.42 Å². The summed E-state index contributed by atoms with van der Waals surface area (Å²) in [5.41, 5.74) is 2.54. The summed E-state index contributed by atoms with van der Waals surface area (Å²) in [4.78, 5) is 25.3. The molecule has 0 spiro atoms. The SMILES string of the molecule is Cc1noc(C(C)C)c1C(=O)N1CCCc2ccc([N+](=O)[O-])cc21. The van der Waals surface area contributed by atoms with Crippen molar-refractivity contribution in [3.63, 3.8) is 0 Å². The maximum absolute atomic E-state index is 13.1. The van der Waals surface area contributed by atoms with Crippen molar-refractivity contribution in [3.05, 3.63) is 50.9 Å². The van der Waals surface area contributed by atoms with Crippen LogP contribution in [0.4, 0.5) is 11.4 Å². The summed E-state index contributed by atoms with van der Waals surface area (Å²) in [6.45, 7) is 6.13. The lowest BCUT2D eigenvalue weighted by Crippen LogP contribution is -2.36. The van der Waals surface area contributed by atoms with Gasteiger partial charge in [0.15, 0.2) is 5.76 Å². The van der Waals surface area contributed by atoms with Crippen LogP contribution in [0.2, 0.25) is 0 Å². The van der Waals surface area contributed by atoms with Crippen LogP contribution < -0.4 is 4.90 Å². The molecule has 0 N–H and O–H groups in total. The summed E-state index contributed by atoms with van der Waals surface area (Å²) in [5.74, 6) is 0.369. The molecule has 2 aromatic rings. The van der Waals surface area contributed by atoms with E-state index in [4.69, 9.17) is 4.52 Å². The van der Waals surface area contributed by atoms with E-state index in [2.05, 4.69) is 5.16 Å². The van der Waals surface area contributed by atoms with Gasteiger partial charge in [-0.15, -0.1) is 0 Å². The molecular formula is C17H19N3O4. The van der Waals surface area contributed by atoms with E-state index >= 15 is 0 Å². The van der Waals surface area contributed by atoms with Crippen LogP contribution in [0, 0.1) is 17.0 Å². The maximum atomic E-state index is 13.1. The van der Waals surface area contributed by atoms with Crippen LogP contribution in [0.5, 0.6) is 0 Å². The molecule has 1 aliphatic rings. The molecule has 1 aromatic heterocycles. The summed E-state index contributed by atoms with van der Waals surface area (Å²) in [6, 6.07) is 4.69. The van der Waals surface area contributed by atoms with E-state index in [0.717, 1.165) is 18.4 Å². The highest BCUT2D eigenvalue weighted by Gasteiger charge is 2.31. The second kappa shape index (κ2) is 6.07. The maximum Gasteiger partial charge on any atom is 0.271 e. The third kappa shape index (κ3) is 2.66. The number of amides is 1. The van der Waals surface area contributed by atoms with Crippen molar-refractivity contribution < 1.29 is 14.2 Å². The molecule has 126 valence electrons. The average Bonchev–Trinajstić information content (AvgIpc) is 2.95. The van der Waals surface area contributed by atoms with Crippen molar-refractivity contribution in [1.82, 2.24) is 5.16 Å². The third-order valence-electron chi connectivity index (χ3n) is 4.27. The number of non-ortho nitro benzene ring substituents is 1. The van der Waals surface area contributed by atoms with Crippen LogP contribution in [-0.4, -0.2) is 22.5 Å². The fraction of sp³-hybridized carbons (Fsp3) is 0.412. The molecule has 1 amide bonds. The monoisotopic (exact) mass is 329 g/mol. The van der Waals surface area contributed by atoms with Gasteiger partial charge in [-0.25, -0.2) is 0 Å². The Kier molecular flexibility index (Phi) is 4.09. The highest BCUT2D eigenvalue weighted by atomic mass is 16.6. The zero-order chi connectivity index (χ0) is 17.4. The van der Waals surface area contributed by atoms with E-state index < -0.39 is 4.92 Å². The van der Waals surface area contributed by atoms with Crippen molar-refractivity contribution in [2.45, 2.75) is 39.5 Å². The van der Waals surface area contributed by atoms with Gasteiger partial charge in [-0.2, -0.15) is 0 Å². The number of nitro benzene ring substituents is 1. The largest absolute Gasteiger partial charge is 0.360 e. The number of nitro groups is 1. The third-order valence-corrected chi connectivity index (χ3v) is 4.27. The second-order valence-corrected chi connectivity index (χ2v) is 6.29. The topological polar surface area (TPSA) is 89.5 Å². The zero-order valence-electron chi connectivity index (χ0n) is 13.9. The van der Waals surface area contributed by atoms with Gasteiger partial charge >= 0.3 is 0 Å². The number of rotatable bonds is 3. The molecule has 7 heteroatoms. The molecular weight excluding hydrogens is 310 g/mol. The molecule has 1 aromatic carbocycles. The van der Waals surface area contributed by atoms with E-state index in [1.807, 2.05) is 13.8 Å². The second-order valence-electron chi connectivity index (χ2n) is 6.29. The van der Waals surface area contributed by atoms with Crippen molar-refractivity contribution in [3.8, 4) is 0 Å². The van der Waals surface area contributed by atoms with Crippen LogP contribution >= 0.6 is 0 Å². The summed E-state index contributed by atoms with van der Waals surface area (Å²) in [6.07, 6.45) is 1.62. The Morgan fingerprint density at radius 3 is 2.83 bits per heavy atom. The first-order valence-electron chi connectivity index (χ1n) is 7.95. The number of carbonyl (C=O) groups excluding carboxylic acids is 1. The van der Waals surface area contributed by atoms with Crippen LogP contribution in [0.1, 0.15) is 53.6 Å². The average molecular weight is 329 g/mol. The van der Waals surface area contributed by atoms with Gasteiger partial charge in [-0.05, 0) is 25.3 Å². The molecule has 2 heterocycles. The number of aryl methyl sites for hydroxylation is 2. The molecule has 0 unspecified atom stereocenters. The van der Waals surface area contributed by atoms with Gasteiger partial charge in [-0.1, -0.05) is 25.1 Å². The van der Waals surface area contributed by atoms with Crippen LogP contribution in [-0.2, 0) is 6.42 Å². The molecule has 24 heavy (non-hydrogen) atoms. The van der Waals surface area contributed by atoms with Gasteiger partial charge in [0.2, 0.25) is 0 Å². The number of hydrogen-bond acceptors (Lipinski definition) is 5. The predicted octanol–water partition coefficient (Wildman–Crippen LogP) is 3.61. The molecule has 0 bridgehead atoms. The van der Waals surface area contributed by atoms with Crippen molar-refractivity contribution in [2.75, 3.05) is 11.4 Å². The molecule has 0 radical (unpaired) electrons. The lowest BCUT2D eigenvalue weighted by molar-refractivity contribution is -0.384. The zero-order valence-corrected chi connectivity index (χ0v) is 13.9. The van der Waals surface area contributed by atoms with Gasteiger partial charge in [0, 0.05) is 24.6 Å². The summed E-state index contributed by atoms with van der Waals surface area (Å²) < 4.78 is 5.31. The molecule has 1 aliphatic heterocycles. The summed E-state index contributed by atoms with van der Waals surface area (Å²) in [7, 11) is 0. The number of aromatic nitrogens is 1. The van der Waals surface area contributed by atoms with E-state index in [0.29, 0.717) is 29.2 Å². The molecule has 3 rings (SSSR count). The Morgan fingerprint density at radius 2 is 2.17 bits per heavy atom. The van der Waals surface area contributed by atoms with E-state index in [1.54, 1.807) is 17.9 Å². The molecule has 0 aliphatic carbocycles. The lowest BCUT2D eigenvalue weighted by Gasteiger charge is -2.29. The fourth-order valence-corrected chi connectivity index (χ4v) is 3.06. The van der Waals surface area contributed by atoms with E-state index in [1.165, 1.54) is 12.1 Å². The number of hydrogen-bond donors (Lipinski definition) is 0.